The van der Waals surface area contributed by atoms with Gasteiger partial charge in [-0.25, -0.2) is 4.79 Å². The highest BCUT2D eigenvalue weighted by Gasteiger charge is 2.22. The second-order valence-electron chi connectivity index (χ2n) is 7.13. The molecular weight excluding hydrogens is 356 g/mol. The average molecular weight is 378 g/mol. The van der Waals surface area contributed by atoms with Gasteiger partial charge in [-0.2, -0.15) is 4.98 Å². The first-order chi connectivity index (χ1) is 13.4. The van der Waals surface area contributed by atoms with Crippen molar-refractivity contribution < 1.29 is 14.3 Å². The number of ether oxygens (including phenoxy) is 2. The van der Waals surface area contributed by atoms with E-state index in [-0.39, 0.29) is 23.6 Å². The van der Waals surface area contributed by atoms with Gasteiger partial charge in [0.05, 0.1) is 6.61 Å². The quantitative estimate of drug-likeness (QED) is 0.615. The first-order valence-corrected chi connectivity index (χ1v) is 8.99. The Morgan fingerprint density at radius 3 is 2.50 bits per heavy atom. The summed E-state index contributed by atoms with van der Waals surface area (Å²) in [5.41, 5.74) is 1.83. The molecule has 0 bridgehead atoms. The van der Waals surface area contributed by atoms with Gasteiger partial charge in [-0.3, -0.25) is 4.98 Å². The summed E-state index contributed by atoms with van der Waals surface area (Å²) < 4.78 is 10.8. The van der Waals surface area contributed by atoms with Crippen molar-refractivity contribution >= 4 is 5.97 Å². The van der Waals surface area contributed by atoms with Gasteiger partial charge < -0.3 is 9.47 Å². The number of hydrogen-bond acceptors (Lipinski definition) is 7. The summed E-state index contributed by atoms with van der Waals surface area (Å²) in [6.07, 6.45) is 3.17. The van der Waals surface area contributed by atoms with Crippen molar-refractivity contribution in [3.63, 3.8) is 0 Å². The molecule has 0 unspecified atom stereocenters. The van der Waals surface area contributed by atoms with Crippen LogP contribution in [0.1, 0.15) is 43.7 Å². The zero-order valence-corrected chi connectivity index (χ0v) is 16.3. The van der Waals surface area contributed by atoms with E-state index in [2.05, 4.69) is 47.0 Å². The van der Waals surface area contributed by atoms with Crippen LogP contribution >= 0.6 is 0 Å². The predicted octanol–water partition coefficient (Wildman–Crippen LogP) is 4.20. The third kappa shape index (κ3) is 4.49. The van der Waals surface area contributed by atoms with E-state index < -0.39 is 5.97 Å². The Labute approximate surface area is 163 Å². The molecule has 0 aliphatic carbocycles. The van der Waals surface area contributed by atoms with E-state index in [1.165, 1.54) is 0 Å². The molecule has 0 atom stereocenters. The minimum absolute atomic E-state index is 0.0231. The summed E-state index contributed by atoms with van der Waals surface area (Å²) in [7, 11) is 0. The largest absolute Gasteiger partial charge is 0.461 e. The summed E-state index contributed by atoms with van der Waals surface area (Å²) in [5.74, 6) is 0.246. The minimum Gasteiger partial charge on any atom is -0.461 e. The summed E-state index contributed by atoms with van der Waals surface area (Å²) in [4.78, 5) is 20.6. The first-order valence-electron chi connectivity index (χ1n) is 8.99. The molecule has 7 heteroatoms. The molecule has 0 aliphatic heterocycles. The van der Waals surface area contributed by atoms with Crippen molar-refractivity contribution in [1.29, 1.82) is 0 Å². The van der Waals surface area contributed by atoms with Gasteiger partial charge in [0.2, 0.25) is 5.69 Å². The lowest BCUT2D eigenvalue weighted by Crippen LogP contribution is -2.13. The number of pyridine rings is 1. The van der Waals surface area contributed by atoms with Crippen molar-refractivity contribution in [2.75, 3.05) is 6.61 Å². The Morgan fingerprint density at radius 2 is 1.82 bits per heavy atom. The SMILES string of the molecule is CCOC(=O)c1nnc(-c2cccc(C(C)(C)C)c2)nc1Oc1ccncc1. The molecule has 3 rings (SSSR count). The fraction of sp³-hybridized carbons (Fsp3) is 0.286. The Kier molecular flexibility index (Phi) is 5.63. The van der Waals surface area contributed by atoms with Crippen LogP contribution in [-0.4, -0.2) is 32.7 Å². The van der Waals surface area contributed by atoms with Gasteiger partial charge in [0, 0.05) is 18.0 Å². The molecule has 28 heavy (non-hydrogen) atoms. The lowest BCUT2D eigenvalue weighted by Gasteiger charge is -2.19. The maximum atomic E-state index is 12.2. The number of carbonyl (C=O) groups excluding carboxylic acids is 1. The highest BCUT2D eigenvalue weighted by molar-refractivity contribution is 5.89. The number of aromatic nitrogens is 4. The summed E-state index contributed by atoms with van der Waals surface area (Å²) in [6, 6.07) is 11.2. The number of benzene rings is 1. The molecule has 144 valence electrons. The monoisotopic (exact) mass is 378 g/mol. The minimum atomic E-state index is -0.637. The molecule has 0 saturated heterocycles. The molecule has 0 radical (unpaired) electrons. The molecule has 2 heterocycles. The highest BCUT2D eigenvalue weighted by Crippen LogP contribution is 2.28. The molecule has 3 aromatic rings. The van der Waals surface area contributed by atoms with Crippen molar-refractivity contribution in [2.24, 2.45) is 0 Å². The van der Waals surface area contributed by atoms with Crippen LogP contribution in [0.25, 0.3) is 11.4 Å². The van der Waals surface area contributed by atoms with E-state index in [0.717, 1.165) is 11.1 Å². The van der Waals surface area contributed by atoms with E-state index in [1.54, 1.807) is 31.5 Å². The summed E-state index contributed by atoms with van der Waals surface area (Å²) >= 11 is 0. The molecule has 0 amide bonds. The van der Waals surface area contributed by atoms with Gasteiger partial charge in [-0.1, -0.05) is 39.0 Å². The number of hydrogen-bond donors (Lipinski definition) is 0. The Bertz CT molecular complexity index is 969. The van der Waals surface area contributed by atoms with Gasteiger partial charge in [0.15, 0.2) is 5.82 Å². The lowest BCUT2D eigenvalue weighted by molar-refractivity contribution is 0.0514. The molecular formula is C21H22N4O3. The summed E-state index contributed by atoms with van der Waals surface area (Å²) in [6.45, 7) is 8.33. The molecule has 0 aliphatic rings. The maximum Gasteiger partial charge on any atom is 0.364 e. The second kappa shape index (κ2) is 8.12. The van der Waals surface area contributed by atoms with E-state index >= 15 is 0 Å². The van der Waals surface area contributed by atoms with Crippen molar-refractivity contribution in [1.82, 2.24) is 20.2 Å². The topological polar surface area (TPSA) is 87.1 Å². The van der Waals surface area contributed by atoms with Gasteiger partial charge >= 0.3 is 5.97 Å². The van der Waals surface area contributed by atoms with Crippen LogP contribution in [0.3, 0.4) is 0 Å². The van der Waals surface area contributed by atoms with Crippen molar-refractivity contribution in [2.45, 2.75) is 33.1 Å². The summed E-state index contributed by atoms with van der Waals surface area (Å²) in [5, 5.41) is 8.16. The van der Waals surface area contributed by atoms with Crippen LogP contribution < -0.4 is 4.74 Å². The average Bonchev–Trinajstić information content (AvgIpc) is 2.68. The molecule has 0 fully saturated rings. The Morgan fingerprint density at radius 1 is 1.07 bits per heavy atom. The zero-order valence-electron chi connectivity index (χ0n) is 16.3. The first kappa shape index (κ1) is 19.4. The Hall–Kier alpha value is -3.35. The van der Waals surface area contributed by atoms with Crippen LogP contribution in [0.5, 0.6) is 11.6 Å². The molecule has 1 aromatic carbocycles. The standard InChI is InChI=1S/C21H22N4O3/c1-5-27-20(26)17-19(28-16-9-11-22-12-10-16)23-18(25-24-17)14-7-6-8-15(13-14)21(2,3)4/h6-13H,5H2,1-4H3. The van der Waals surface area contributed by atoms with E-state index in [0.29, 0.717) is 11.6 Å². The van der Waals surface area contributed by atoms with Gasteiger partial charge in [0.1, 0.15) is 5.75 Å². The van der Waals surface area contributed by atoms with Crippen LogP contribution in [-0.2, 0) is 10.2 Å². The molecule has 7 nitrogen and oxygen atoms in total. The van der Waals surface area contributed by atoms with Gasteiger partial charge in [0.25, 0.3) is 5.88 Å². The maximum absolute atomic E-state index is 12.2. The zero-order chi connectivity index (χ0) is 20.1. The van der Waals surface area contributed by atoms with Crippen LogP contribution in [0.15, 0.2) is 48.8 Å². The van der Waals surface area contributed by atoms with Gasteiger partial charge in [-0.05, 0) is 36.1 Å². The van der Waals surface area contributed by atoms with Crippen LogP contribution in [0, 0.1) is 0 Å². The fourth-order valence-corrected chi connectivity index (χ4v) is 2.48. The molecule has 0 N–H and O–H groups in total. The van der Waals surface area contributed by atoms with Crippen molar-refractivity contribution in [3.05, 3.63) is 60.0 Å². The number of carbonyl (C=O) groups is 1. The number of esters is 1. The molecule has 0 spiro atoms. The smallest absolute Gasteiger partial charge is 0.364 e. The predicted molar refractivity (Wildman–Crippen MR) is 104 cm³/mol. The Balaban J connectivity index is 2.04. The normalized spacial score (nSPS) is 11.1. The second-order valence-corrected chi connectivity index (χ2v) is 7.13. The fourth-order valence-electron chi connectivity index (χ4n) is 2.48. The van der Waals surface area contributed by atoms with E-state index in [1.807, 2.05) is 18.2 Å². The van der Waals surface area contributed by atoms with Crippen LogP contribution in [0.4, 0.5) is 0 Å². The van der Waals surface area contributed by atoms with Crippen LogP contribution in [0.2, 0.25) is 0 Å². The van der Waals surface area contributed by atoms with Gasteiger partial charge in [-0.15, -0.1) is 10.2 Å². The van der Waals surface area contributed by atoms with E-state index in [4.69, 9.17) is 9.47 Å². The highest BCUT2D eigenvalue weighted by atomic mass is 16.5. The van der Waals surface area contributed by atoms with E-state index in [9.17, 15) is 4.79 Å². The van der Waals surface area contributed by atoms with Crippen molar-refractivity contribution in [3.8, 4) is 23.0 Å². The molecule has 2 aromatic heterocycles. The third-order valence-corrected chi connectivity index (χ3v) is 3.97. The number of rotatable bonds is 5. The lowest BCUT2D eigenvalue weighted by atomic mass is 9.86. The number of nitrogens with zero attached hydrogens (tertiary/aromatic N) is 4. The molecule has 0 saturated carbocycles. The third-order valence-electron chi connectivity index (χ3n) is 3.97.